The van der Waals surface area contributed by atoms with Crippen LogP contribution in [-0.2, 0) is 11.3 Å². The molecule has 1 atom stereocenters. The van der Waals surface area contributed by atoms with Crippen LogP contribution in [0.25, 0.3) is 0 Å². The number of nitrogens with one attached hydrogen (secondary N) is 3. The van der Waals surface area contributed by atoms with Crippen molar-refractivity contribution < 1.29 is 9.59 Å². The zero-order valence-corrected chi connectivity index (χ0v) is 20.6. The van der Waals surface area contributed by atoms with E-state index in [2.05, 4.69) is 25.9 Å². The fourth-order valence-electron chi connectivity index (χ4n) is 4.17. The molecule has 3 heterocycles. The standard InChI is InChI=1S/C25H28ClN5O2S/c1-16-21(12-18(26)13-28-16)29-15-20-8-9-23(34-20)25(33)31-22(11-17-5-2-3-6-17)24(32)30-19-7-4-10-27-14-19/h4,7-10,12-14,17,22,29H,2-3,5-6,11,15H2,1H3,(H,30,32)(H,31,33)/t22-/m0/s1. The molecule has 2 amide bonds. The lowest BCUT2D eigenvalue weighted by Crippen LogP contribution is -2.44. The van der Waals surface area contributed by atoms with Gasteiger partial charge in [0.1, 0.15) is 6.04 Å². The van der Waals surface area contributed by atoms with E-state index in [-0.39, 0.29) is 11.8 Å². The highest BCUT2D eigenvalue weighted by Crippen LogP contribution is 2.29. The average Bonchev–Trinajstić information content (AvgIpc) is 3.52. The molecular weight excluding hydrogens is 470 g/mol. The third kappa shape index (κ3) is 6.55. The summed E-state index contributed by atoms with van der Waals surface area (Å²) >= 11 is 7.44. The van der Waals surface area contributed by atoms with E-state index in [9.17, 15) is 9.59 Å². The molecule has 3 aromatic heterocycles. The highest BCUT2D eigenvalue weighted by Gasteiger charge is 2.27. The van der Waals surface area contributed by atoms with Gasteiger partial charge in [-0.2, -0.15) is 0 Å². The Morgan fingerprint density at radius 1 is 1.21 bits per heavy atom. The summed E-state index contributed by atoms with van der Waals surface area (Å²) in [5.41, 5.74) is 2.33. The second-order valence-corrected chi connectivity index (χ2v) is 10.2. The number of aromatic nitrogens is 2. The van der Waals surface area contributed by atoms with Crippen LogP contribution in [0.15, 0.2) is 48.9 Å². The molecule has 0 saturated heterocycles. The number of thiophene rings is 1. The van der Waals surface area contributed by atoms with E-state index in [1.165, 1.54) is 24.2 Å². The zero-order valence-electron chi connectivity index (χ0n) is 19.0. The molecule has 178 valence electrons. The van der Waals surface area contributed by atoms with Crippen LogP contribution in [-0.4, -0.2) is 27.8 Å². The van der Waals surface area contributed by atoms with Crippen molar-refractivity contribution in [3.8, 4) is 0 Å². The number of carbonyl (C=O) groups is 2. The lowest BCUT2D eigenvalue weighted by molar-refractivity contribution is -0.118. The molecule has 1 fully saturated rings. The van der Waals surface area contributed by atoms with E-state index < -0.39 is 6.04 Å². The Morgan fingerprint density at radius 2 is 2.03 bits per heavy atom. The molecule has 0 aromatic carbocycles. The number of carbonyl (C=O) groups excluding carboxylic acids is 2. The monoisotopic (exact) mass is 497 g/mol. The summed E-state index contributed by atoms with van der Waals surface area (Å²) in [6, 6.07) is 8.50. The van der Waals surface area contributed by atoms with Gasteiger partial charge in [-0.25, -0.2) is 0 Å². The molecule has 1 saturated carbocycles. The number of anilines is 2. The van der Waals surface area contributed by atoms with Gasteiger partial charge in [-0.3, -0.25) is 19.6 Å². The van der Waals surface area contributed by atoms with Crippen molar-refractivity contribution in [2.45, 2.75) is 51.6 Å². The Labute approximate surface area is 208 Å². The quantitative estimate of drug-likeness (QED) is 0.366. The van der Waals surface area contributed by atoms with Crippen LogP contribution in [0.2, 0.25) is 5.02 Å². The van der Waals surface area contributed by atoms with Gasteiger partial charge in [0.05, 0.1) is 33.2 Å². The molecule has 0 unspecified atom stereocenters. The largest absolute Gasteiger partial charge is 0.379 e. The zero-order chi connectivity index (χ0) is 23.9. The molecule has 0 radical (unpaired) electrons. The smallest absolute Gasteiger partial charge is 0.262 e. The molecular formula is C25H28ClN5O2S. The molecule has 0 bridgehead atoms. The Bertz CT molecular complexity index is 1130. The van der Waals surface area contributed by atoms with Gasteiger partial charge in [-0.05, 0) is 49.6 Å². The second kappa shape index (κ2) is 11.4. The van der Waals surface area contributed by atoms with E-state index in [1.54, 1.807) is 36.8 Å². The number of halogens is 1. The SMILES string of the molecule is Cc1ncc(Cl)cc1NCc1ccc(C(=O)N[C@@H](CC2CCCC2)C(=O)Nc2cccnc2)s1. The molecule has 4 rings (SSSR count). The minimum absolute atomic E-state index is 0.212. The lowest BCUT2D eigenvalue weighted by atomic mass is 9.97. The molecule has 3 aromatic rings. The van der Waals surface area contributed by atoms with Gasteiger partial charge in [0.25, 0.3) is 5.91 Å². The summed E-state index contributed by atoms with van der Waals surface area (Å²) in [6.45, 7) is 2.46. The van der Waals surface area contributed by atoms with Crippen LogP contribution in [0.3, 0.4) is 0 Å². The van der Waals surface area contributed by atoms with E-state index >= 15 is 0 Å². The molecule has 3 N–H and O–H groups in total. The third-order valence-electron chi connectivity index (χ3n) is 5.99. The normalized spacial score (nSPS) is 14.5. The van der Waals surface area contributed by atoms with Crippen LogP contribution in [0.1, 0.15) is 52.3 Å². The first-order valence-electron chi connectivity index (χ1n) is 11.4. The van der Waals surface area contributed by atoms with E-state index in [0.29, 0.717) is 34.5 Å². The molecule has 1 aliphatic rings. The number of pyridine rings is 2. The molecule has 0 aliphatic heterocycles. The predicted octanol–water partition coefficient (Wildman–Crippen LogP) is 5.43. The molecule has 1 aliphatic carbocycles. The van der Waals surface area contributed by atoms with Crippen molar-refractivity contribution >= 4 is 46.1 Å². The van der Waals surface area contributed by atoms with Crippen molar-refractivity contribution in [1.29, 1.82) is 0 Å². The molecule has 7 nitrogen and oxygen atoms in total. The van der Waals surface area contributed by atoms with Crippen LogP contribution in [0.5, 0.6) is 0 Å². The van der Waals surface area contributed by atoms with E-state index in [1.807, 2.05) is 19.1 Å². The average molecular weight is 498 g/mol. The van der Waals surface area contributed by atoms with Gasteiger partial charge in [-0.1, -0.05) is 37.3 Å². The van der Waals surface area contributed by atoms with Crippen LogP contribution in [0, 0.1) is 12.8 Å². The summed E-state index contributed by atoms with van der Waals surface area (Å²) in [5, 5.41) is 9.75. The Balaban J connectivity index is 1.39. The van der Waals surface area contributed by atoms with Crippen molar-refractivity contribution in [1.82, 2.24) is 15.3 Å². The van der Waals surface area contributed by atoms with Gasteiger partial charge >= 0.3 is 0 Å². The topological polar surface area (TPSA) is 96.0 Å². The van der Waals surface area contributed by atoms with Gasteiger partial charge in [0.2, 0.25) is 5.91 Å². The van der Waals surface area contributed by atoms with Crippen molar-refractivity contribution in [2.75, 3.05) is 10.6 Å². The minimum atomic E-state index is -0.598. The van der Waals surface area contributed by atoms with Gasteiger partial charge < -0.3 is 16.0 Å². The number of hydrogen-bond donors (Lipinski definition) is 3. The van der Waals surface area contributed by atoms with Crippen LogP contribution < -0.4 is 16.0 Å². The van der Waals surface area contributed by atoms with Crippen molar-refractivity contribution in [3.63, 3.8) is 0 Å². The predicted molar refractivity (Wildman–Crippen MR) is 136 cm³/mol. The maximum Gasteiger partial charge on any atom is 0.262 e. The highest BCUT2D eigenvalue weighted by atomic mass is 35.5. The first-order valence-corrected chi connectivity index (χ1v) is 12.6. The fourth-order valence-corrected chi connectivity index (χ4v) is 5.18. The number of nitrogens with zero attached hydrogens (tertiary/aromatic N) is 2. The minimum Gasteiger partial charge on any atom is -0.379 e. The van der Waals surface area contributed by atoms with Crippen molar-refractivity contribution in [3.05, 3.63) is 69.4 Å². The number of rotatable bonds is 9. The number of aryl methyl sites for hydroxylation is 1. The lowest BCUT2D eigenvalue weighted by Gasteiger charge is -2.21. The summed E-state index contributed by atoms with van der Waals surface area (Å²) < 4.78 is 0. The van der Waals surface area contributed by atoms with E-state index in [4.69, 9.17) is 11.6 Å². The summed E-state index contributed by atoms with van der Waals surface area (Å²) in [6.07, 6.45) is 10.1. The second-order valence-electron chi connectivity index (χ2n) is 8.55. The maximum absolute atomic E-state index is 13.0. The summed E-state index contributed by atoms with van der Waals surface area (Å²) in [5.74, 6) is -0.000551. The first kappa shape index (κ1) is 24.2. The number of hydrogen-bond acceptors (Lipinski definition) is 6. The molecule has 9 heteroatoms. The van der Waals surface area contributed by atoms with Gasteiger partial charge in [-0.15, -0.1) is 11.3 Å². The first-order chi connectivity index (χ1) is 16.5. The Hall–Kier alpha value is -2.97. The van der Waals surface area contributed by atoms with E-state index in [0.717, 1.165) is 29.1 Å². The molecule has 0 spiro atoms. The maximum atomic E-state index is 13.0. The third-order valence-corrected chi connectivity index (χ3v) is 7.28. The van der Waals surface area contributed by atoms with Gasteiger partial charge in [0, 0.05) is 23.8 Å². The fraction of sp³-hybridized carbons (Fsp3) is 0.360. The van der Waals surface area contributed by atoms with Crippen LogP contribution >= 0.6 is 22.9 Å². The summed E-state index contributed by atoms with van der Waals surface area (Å²) in [7, 11) is 0. The molecule has 34 heavy (non-hydrogen) atoms. The number of amides is 2. The van der Waals surface area contributed by atoms with Gasteiger partial charge in [0.15, 0.2) is 0 Å². The summed E-state index contributed by atoms with van der Waals surface area (Å²) in [4.78, 5) is 35.9. The Morgan fingerprint density at radius 3 is 2.79 bits per heavy atom. The van der Waals surface area contributed by atoms with Crippen molar-refractivity contribution in [2.24, 2.45) is 5.92 Å². The highest BCUT2D eigenvalue weighted by molar-refractivity contribution is 7.14. The Kier molecular flexibility index (Phi) is 8.13. The van der Waals surface area contributed by atoms with Crippen LogP contribution in [0.4, 0.5) is 11.4 Å².